The van der Waals surface area contributed by atoms with E-state index in [4.69, 9.17) is 11.1 Å². The molecular formula is C21H21F5N4O2. The summed E-state index contributed by atoms with van der Waals surface area (Å²) in [6.45, 7) is 0. The van der Waals surface area contributed by atoms with Crippen LogP contribution in [0.25, 0.3) is 11.3 Å². The second kappa shape index (κ2) is 8.81. The first-order chi connectivity index (χ1) is 14.9. The van der Waals surface area contributed by atoms with Crippen molar-refractivity contribution in [3.8, 4) is 11.3 Å². The minimum Gasteiger partial charge on any atom is -0.398 e. The highest BCUT2D eigenvalue weighted by atomic mass is 19.4. The van der Waals surface area contributed by atoms with Crippen LogP contribution in [0.1, 0.15) is 36.0 Å². The van der Waals surface area contributed by atoms with E-state index < -0.39 is 59.8 Å². The van der Waals surface area contributed by atoms with Gasteiger partial charge in [-0.25, -0.2) is 8.78 Å². The van der Waals surface area contributed by atoms with Gasteiger partial charge in [0.25, 0.3) is 5.92 Å². The third kappa shape index (κ3) is 4.87. The van der Waals surface area contributed by atoms with Crippen molar-refractivity contribution in [2.24, 2.45) is 0 Å². The highest BCUT2D eigenvalue weighted by molar-refractivity contribution is 5.88. The average molecular weight is 456 g/mol. The molecule has 0 aliphatic heterocycles. The molecule has 0 spiro atoms. The van der Waals surface area contributed by atoms with Crippen LogP contribution >= 0.6 is 0 Å². The van der Waals surface area contributed by atoms with E-state index in [1.807, 2.05) is 5.32 Å². The van der Waals surface area contributed by atoms with Gasteiger partial charge in [-0.3, -0.25) is 9.78 Å². The molecule has 1 amide bonds. The van der Waals surface area contributed by atoms with E-state index in [1.54, 1.807) is 0 Å². The number of aliphatic hydroxyl groups is 1. The molecule has 1 aromatic heterocycles. The van der Waals surface area contributed by atoms with E-state index in [0.29, 0.717) is 0 Å². The van der Waals surface area contributed by atoms with Gasteiger partial charge in [-0.2, -0.15) is 13.2 Å². The van der Waals surface area contributed by atoms with E-state index in [-0.39, 0.29) is 29.7 Å². The van der Waals surface area contributed by atoms with Gasteiger partial charge in [0.05, 0.1) is 23.8 Å². The molecule has 1 saturated carbocycles. The van der Waals surface area contributed by atoms with Crippen LogP contribution < -0.4 is 11.1 Å². The van der Waals surface area contributed by atoms with E-state index in [9.17, 15) is 31.9 Å². The zero-order valence-electron chi connectivity index (χ0n) is 16.7. The largest absolute Gasteiger partial charge is 0.418 e. The molecule has 1 aliphatic rings. The number of pyridine rings is 1. The number of carbonyl (C=O) groups is 1. The van der Waals surface area contributed by atoms with Crippen LogP contribution in [0, 0.1) is 5.41 Å². The molecular weight excluding hydrogens is 435 g/mol. The minimum absolute atomic E-state index is 0.0292. The first kappa shape index (κ1) is 23.6. The van der Waals surface area contributed by atoms with Gasteiger partial charge in [-0.15, -0.1) is 0 Å². The first-order valence-electron chi connectivity index (χ1n) is 9.74. The topological polar surface area (TPSA) is 112 Å². The number of anilines is 1. The van der Waals surface area contributed by atoms with Crippen molar-refractivity contribution in [2.45, 2.75) is 49.9 Å². The number of aliphatic hydroxyl groups excluding tert-OH is 1. The van der Waals surface area contributed by atoms with Gasteiger partial charge >= 0.3 is 6.18 Å². The number of nitrogens with one attached hydrogen (secondary N) is 2. The lowest BCUT2D eigenvalue weighted by Crippen LogP contribution is -2.57. The van der Waals surface area contributed by atoms with Crippen LogP contribution in [0.4, 0.5) is 27.6 Å². The van der Waals surface area contributed by atoms with Crippen molar-refractivity contribution in [3.05, 3.63) is 47.2 Å². The Morgan fingerprint density at radius 1 is 1.34 bits per heavy atom. The summed E-state index contributed by atoms with van der Waals surface area (Å²) >= 11 is 0. The Labute approximate surface area is 180 Å². The minimum atomic E-state index is -4.90. The lowest BCUT2D eigenvalue weighted by molar-refractivity contribution is -0.139. The number of benzene rings is 1. The van der Waals surface area contributed by atoms with Gasteiger partial charge in [-0.1, -0.05) is 6.07 Å². The number of alkyl halides is 5. The molecule has 3 rings (SSSR count). The SMILES string of the molecule is N=Cc1cc(-c2nccc(CC(=O)N[C@@H]3[C@@H](O)CCCC3(F)F)c2C(F)(F)F)ccc1N. The molecule has 1 aliphatic carbocycles. The van der Waals surface area contributed by atoms with Gasteiger partial charge in [0.1, 0.15) is 6.04 Å². The van der Waals surface area contributed by atoms with Crippen molar-refractivity contribution in [1.29, 1.82) is 5.41 Å². The lowest BCUT2D eigenvalue weighted by Gasteiger charge is -2.35. The van der Waals surface area contributed by atoms with E-state index >= 15 is 0 Å². The standard InChI is InChI=1S/C21H21F5N4O2/c22-20(23)6-1-2-15(31)19(20)30-16(32)9-11-5-7-29-18(17(11)21(24,25)26)12-3-4-14(28)13(8-12)10-27/h3-5,7-8,10,15,19,27,31H,1-2,6,9,28H2,(H,30,32)/t15-,19+/m0/s1. The zero-order chi connectivity index (χ0) is 23.7. The summed E-state index contributed by atoms with van der Waals surface area (Å²) < 4.78 is 70.0. The molecule has 32 heavy (non-hydrogen) atoms. The Balaban J connectivity index is 1.96. The van der Waals surface area contributed by atoms with Crippen LogP contribution in [-0.4, -0.2) is 40.3 Å². The Bertz CT molecular complexity index is 1030. The predicted molar refractivity (Wildman–Crippen MR) is 107 cm³/mol. The second-order valence-corrected chi connectivity index (χ2v) is 7.62. The number of nitrogens with two attached hydrogens (primary N) is 1. The Morgan fingerprint density at radius 2 is 2.06 bits per heavy atom. The summed E-state index contributed by atoms with van der Waals surface area (Å²) in [6.07, 6.45) is -5.67. The maximum absolute atomic E-state index is 14.1. The molecule has 1 aromatic carbocycles. The number of rotatable bonds is 5. The molecule has 5 N–H and O–H groups in total. The Hall–Kier alpha value is -3.08. The normalized spacial score (nSPS) is 20.6. The summed E-state index contributed by atoms with van der Waals surface area (Å²) in [5, 5.41) is 19.2. The van der Waals surface area contributed by atoms with E-state index in [1.165, 1.54) is 18.2 Å². The van der Waals surface area contributed by atoms with Crippen LogP contribution in [0.2, 0.25) is 0 Å². The fourth-order valence-electron chi connectivity index (χ4n) is 3.78. The molecule has 6 nitrogen and oxygen atoms in total. The molecule has 2 atom stereocenters. The number of amides is 1. The van der Waals surface area contributed by atoms with Crippen molar-refractivity contribution in [2.75, 3.05) is 5.73 Å². The fraction of sp³-hybridized carbons (Fsp3) is 0.381. The third-order valence-corrected chi connectivity index (χ3v) is 5.35. The number of carbonyl (C=O) groups excluding carboxylic acids is 1. The summed E-state index contributed by atoms with van der Waals surface area (Å²) in [5.41, 5.74) is 3.98. The van der Waals surface area contributed by atoms with Crippen LogP contribution in [-0.2, 0) is 17.4 Å². The molecule has 172 valence electrons. The Morgan fingerprint density at radius 3 is 2.69 bits per heavy atom. The number of nitrogen functional groups attached to an aromatic ring is 1. The van der Waals surface area contributed by atoms with Crippen LogP contribution in [0.3, 0.4) is 0 Å². The zero-order valence-corrected chi connectivity index (χ0v) is 16.7. The second-order valence-electron chi connectivity index (χ2n) is 7.62. The summed E-state index contributed by atoms with van der Waals surface area (Å²) in [4.78, 5) is 16.2. The molecule has 11 heteroatoms. The maximum Gasteiger partial charge on any atom is 0.418 e. The fourth-order valence-corrected chi connectivity index (χ4v) is 3.78. The number of halogens is 5. The van der Waals surface area contributed by atoms with Crippen molar-refractivity contribution in [3.63, 3.8) is 0 Å². The lowest BCUT2D eigenvalue weighted by atomic mass is 9.88. The highest BCUT2D eigenvalue weighted by Crippen LogP contribution is 2.39. The van der Waals surface area contributed by atoms with Crippen molar-refractivity contribution in [1.82, 2.24) is 10.3 Å². The monoisotopic (exact) mass is 456 g/mol. The summed E-state index contributed by atoms with van der Waals surface area (Å²) in [6, 6.07) is 3.04. The highest BCUT2D eigenvalue weighted by Gasteiger charge is 2.47. The molecule has 0 saturated heterocycles. The van der Waals surface area contributed by atoms with Gasteiger partial charge in [0, 0.05) is 35.6 Å². The van der Waals surface area contributed by atoms with Crippen molar-refractivity contribution < 1.29 is 31.9 Å². The van der Waals surface area contributed by atoms with Gasteiger partial charge in [0.2, 0.25) is 5.91 Å². The van der Waals surface area contributed by atoms with Gasteiger partial charge in [-0.05, 0) is 36.6 Å². The third-order valence-electron chi connectivity index (χ3n) is 5.35. The number of hydrogen-bond acceptors (Lipinski definition) is 5. The van der Waals surface area contributed by atoms with Gasteiger partial charge < -0.3 is 21.6 Å². The Kier molecular flexibility index (Phi) is 6.49. The summed E-state index contributed by atoms with van der Waals surface area (Å²) in [7, 11) is 0. The van der Waals surface area contributed by atoms with Crippen LogP contribution in [0.15, 0.2) is 30.5 Å². The van der Waals surface area contributed by atoms with Gasteiger partial charge in [0.15, 0.2) is 0 Å². The molecule has 1 heterocycles. The smallest absolute Gasteiger partial charge is 0.398 e. The molecule has 1 fully saturated rings. The molecule has 2 aromatic rings. The number of aromatic nitrogens is 1. The molecule has 0 unspecified atom stereocenters. The molecule has 0 radical (unpaired) electrons. The summed E-state index contributed by atoms with van der Waals surface area (Å²) in [5.74, 6) is -4.44. The van der Waals surface area contributed by atoms with E-state index in [2.05, 4.69) is 4.98 Å². The molecule has 0 bridgehead atoms. The number of nitrogens with zero attached hydrogens (tertiary/aromatic N) is 1. The first-order valence-corrected chi connectivity index (χ1v) is 9.74. The maximum atomic E-state index is 14.1. The quantitative estimate of drug-likeness (QED) is 0.313. The number of hydrogen-bond donors (Lipinski definition) is 4. The van der Waals surface area contributed by atoms with Crippen molar-refractivity contribution >= 4 is 17.8 Å². The van der Waals surface area contributed by atoms with Crippen LogP contribution in [0.5, 0.6) is 0 Å². The predicted octanol–water partition coefficient (Wildman–Crippen LogP) is 3.55. The average Bonchev–Trinajstić information content (AvgIpc) is 2.70. The van der Waals surface area contributed by atoms with E-state index in [0.717, 1.165) is 18.5 Å².